The predicted molar refractivity (Wildman–Crippen MR) is 184 cm³/mol. The standard InChI is InChI=1S/C40H36O11/c1-23(41)46-38-36(50-28-18-19-34-31(20-28)32(44)21-29(49-34)16-14-26-10-6-4-7-11-26)35-33(45)22-30(17-15-27-12-8-5-9-13-27)51-37(35)39(47-24(2)42)40(38)48-25(3)43/h4-13,18-22,36,38-40H,14-17H2,1-3H3/t36-,38+,39+,40+/m0/s1. The average molecular weight is 693 g/mol. The third kappa shape index (κ3) is 8.26. The Bertz CT molecular complexity index is 2170. The molecular weight excluding hydrogens is 656 g/mol. The summed E-state index contributed by atoms with van der Waals surface area (Å²) in [6, 6.07) is 26.7. The fraction of sp³-hybridized carbons (Fsp3) is 0.275. The third-order valence-electron chi connectivity index (χ3n) is 8.44. The van der Waals surface area contributed by atoms with Crippen molar-refractivity contribution in [2.45, 2.75) is 70.9 Å². The lowest BCUT2D eigenvalue weighted by Gasteiger charge is -2.40. The summed E-state index contributed by atoms with van der Waals surface area (Å²) in [4.78, 5) is 64.5. The quantitative estimate of drug-likeness (QED) is 0.120. The molecule has 2 heterocycles. The number of rotatable bonds is 11. The number of esters is 3. The Kier molecular flexibility index (Phi) is 10.5. The molecule has 262 valence electrons. The Balaban J connectivity index is 1.40. The summed E-state index contributed by atoms with van der Waals surface area (Å²) >= 11 is 0. The minimum atomic E-state index is -1.46. The van der Waals surface area contributed by atoms with Gasteiger partial charge in [0, 0.05) is 45.7 Å². The maximum atomic E-state index is 14.0. The Labute approximate surface area is 292 Å². The first kappa shape index (κ1) is 34.9. The van der Waals surface area contributed by atoms with Gasteiger partial charge in [0.2, 0.25) is 6.10 Å². The van der Waals surface area contributed by atoms with E-state index < -0.39 is 47.8 Å². The van der Waals surface area contributed by atoms with Crippen LogP contribution in [0.4, 0.5) is 0 Å². The van der Waals surface area contributed by atoms with Gasteiger partial charge in [-0.05, 0) is 42.2 Å². The van der Waals surface area contributed by atoms with E-state index in [9.17, 15) is 24.0 Å². The molecule has 0 aliphatic heterocycles. The van der Waals surface area contributed by atoms with Crippen molar-refractivity contribution in [2.75, 3.05) is 0 Å². The Hall–Kier alpha value is -5.97. The highest BCUT2D eigenvalue weighted by Gasteiger charge is 2.53. The SMILES string of the molecule is CC(=O)O[C@@H]1[C@H](OC(C)=O)[C@@H](Oc2ccc3oc(CCc4ccccc4)cc(=O)c3c2)c2c(oc(CCc3ccccc3)cc2=O)[C@H]1OC(C)=O. The second-order valence-electron chi connectivity index (χ2n) is 12.3. The van der Waals surface area contributed by atoms with Gasteiger partial charge in [0.25, 0.3) is 0 Å². The molecule has 1 aliphatic carbocycles. The van der Waals surface area contributed by atoms with Crippen molar-refractivity contribution in [3.63, 3.8) is 0 Å². The molecule has 1 aliphatic rings. The summed E-state index contributed by atoms with van der Waals surface area (Å²) in [6.45, 7) is 3.44. The number of ether oxygens (including phenoxy) is 4. The molecule has 4 atom stereocenters. The van der Waals surface area contributed by atoms with Crippen molar-refractivity contribution in [3.8, 4) is 5.75 Å². The van der Waals surface area contributed by atoms with E-state index in [1.165, 1.54) is 18.2 Å². The van der Waals surface area contributed by atoms with E-state index in [2.05, 4.69) is 0 Å². The first-order valence-electron chi connectivity index (χ1n) is 16.6. The van der Waals surface area contributed by atoms with E-state index in [0.717, 1.165) is 31.9 Å². The smallest absolute Gasteiger partial charge is 0.303 e. The minimum absolute atomic E-state index is 0.0947. The number of aryl methyl sites for hydroxylation is 4. The van der Waals surface area contributed by atoms with Crippen LogP contribution in [0.5, 0.6) is 5.75 Å². The Morgan fingerprint density at radius 2 is 1.12 bits per heavy atom. The molecule has 0 radical (unpaired) electrons. The minimum Gasteiger partial charge on any atom is -0.481 e. The zero-order valence-electron chi connectivity index (χ0n) is 28.3. The van der Waals surface area contributed by atoms with Gasteiger partial charge in [0.15, 0.2) is 34.9 Å². The van der Waals surface area contributed by atoms with E-state index in [1.54, 1.807) is 12.1 Å². The number of carbonyl (C=O) groups is 3. The zero-order valence-corrected chi connectivity index (χ0v) is 28.3. The van der Waals surface area contributed by atoms with Gasteiger partial charge in [-0.2, -0.15) is 0 Å². The molecule has 2 aromatic heterocycles. The molecular formula is C40H36O11. The normalized spacial score (nSPS) is 18.0. The number of benzene rings is 3. The van der Waals surface area contributed by atoms with E-state index in [0.29, 0.717) is 37.0 Å². The van der Waals surface area contributed by atoms with Gasteiger partial charge < -0.3 is 27.8 Å². The van der Waals surface area contributed by atoms with Crippen LogP contribution in [-0.4, -0.2) is 30.1 Å². The lowest BCUT2D eigenvalue weighted by atomic mass is 9.86. The van der Waals surface area contributed by atoms with Gasteiger partial charge in [-0.15, -0.1) is 0 Å². The summed E-state index contributed by atoms with van der Waals surface area (Å²) in [5.74, 6) is -1.48. The van der Waals surface area contributed by atoms with Crippen molar-refractivity contribution >= 4 is 28.9 Å². The molecule has 0 saturated carbocycles. The van der Waals surface area contributed by atoms with Gasteiger partial charge >= 0.3 is 17.9 Å². The fourth-order valence-electron chi connectivity index (χ4n) is 6.26. The number of hydrogen-bond donors (Lipinski definition) is 0. The topological polar surface area (TPSA) is 149 Å². The maximum Gasteiger partial charge on any atom is 0.303 e. The van der Waals surface area contributed by atoms with Gasteiger partial charge in [-0.3, -0.25) is 24.0 Å². The van der Waals surface area contributed by atoms with Crippen molar-refractivity contribution in [2.24, 2.45) is 0 Å². The Morgan fingerprint density at radius 3 is 1.69 bits per heavy atom. The molecule has 3 aromatic carbocycles. The highest BCUT2D eigenvalue weighted by molar-refractivity contribution is 5.78. The second-order valence-corrected chi connectivity index (χ2v) is 12.3. The average Bonchev–Trinajstić information content (AvgIpc) is 3.10. The molecule has 11 nitrogen and oxygen atoms in total. The Morgan fingerprint density at radius 1 is 0.588 bits per heavy atom. The molecule has 0 bridgehead atoms. The maximum absolute atomic E-state index is 14.0. The summed E-state index contributed by atoms with van der Waals surface area (Å²) in [6.07, 6.45) is -3.72. The molecule has 0 saturated heterocycles. The van der Waals surface area contributed by atoms with Crippen molar-refractivity contribution in [1.82, 2.24) is 0 Å². The lowest BCUT2D eigenvalue weighted by Crippen LogP contribution is -2.51. The monoisotopic (exact) mass is 692 g/mol. The molecule has 51 heavy (non-hydrogen) atoms. The largest absolute Gasteiger partial charge is 0.481 e. The van der Waals surface area contributed by atoms with Crippen LogP contribution < -0.4 is 15.6 Å². The lowest BCUT2D eigenvalue weighted by molar-refractivity contribution is -0.199. The van der Waals surface area contributed by atoms with E-state index in [1.807, 2.05) is 60.7 Å². The molecule has 0 amide bonds. The van der Waals surface area contributed by atoms with Gasteiger partial charge in [0.1, 0.15) is 22.9 Å². The predicted octanol–water partition coefficient (Wildman–Crippen LogP) is 5.92. The van der Waals surface area contributed by atoms with E-state index in [-0.39, 0.29) is 33.6 Å². The summed E-state index contributed by atoms with van der Waals surface area (Å²) < 4.78 is 35.5. The van der Waals surface area contributed by atoms with Crippen LogP contribution in [0, 0.1) is 0 Å². The second kappa shape index (κ2) is 15.3. The molecule has 5 aromatic rings. The van der Waals surface area contributed by atoms with E-state index in [4.69, 9.17) is 27.8 Å². The molecule has 6 rings (SSSR count). The van der Waals surface area contributed by atoms with Crippen molar-refractivity contribution in [3.05, 3.63) is 145 Å². The number of fused-ring (bicyclic) bond motifs is 2. The van der Waals surface area contributed by atoms with Crippen LogP contribution in [0.2, 0.25) is 0 Å². The molecule has 0 N–H and O–H groups in total. The highest BCUT2D eigenvalue weighted by atomic mass is 16.6. The van der Waals surface area contributed by atoms with Crippen LogP contribution in [0.3, 0.4) is 0 Å². The van der Waals surface area contributed by atoms with Crippen LogP contribution in [0.25, 0.3) is 11.0 Å². The first-order valence-corrected chi connectivity index (χ1v) is 16.6. The molecule has 11 heteroatoms. The third-order valence-corrected chi connectivity index (χ3v) is 8.44. The van der Waals surface area contributed by atoms with Gasteiger partial charge in [-0.1, -0.05) is 60.7 Å². The van der Waals surface area contributed by atoms with Crippen LogP contribution in [0.15, 0.2) is 109 Å². The van der Waals surface area contributed by atoms with E-state index >= 15 is 0 Å². The zero-order chi connectivity index (χ0) is 36.1. The highest BCUT2D eigenvalue weighted by Crippen LogP contribution is 2.43. The van der Waals surface area contributed by atoms with Crippen LogP contribution in [0.1, 0.15) is 67.0 Å². The summed E-state index contributed by atoms with van der Waals surface area (Å²) in [5.41, 5.74) is 1.50. The van der Waals surface area contributed by atoms with Gasteiger partial charge in [-0.25, -0.2) is 0 Å². The number of hydrogen-bond acceptors (Lipinski definition) is 11. The summed E-state index contributed by atoms with van der Waals surface area (Å²) in [5, 5.41) is 0.216. The van der Waals surface area contributed by atoms with Crippen molar-refractivity contribution < 1.29 is 42.2 Å². The molecule has 0 unspecified atom stereocenters. The van der Waals surface area contributed by atoms with Gasteiger partial charge in [0.05, 0.1) is 10.9 Å². The fourth-order valence-corrected chi connectivity index (χ4v) is 6.26. The number of carbonyl (C=O) groups excluding carboxylic acids is 3. The first-order chi connectivity index (χ1) is 24.5. The molecule has 0 fully saturated rings. The van der Waals surface area contributed by atoms with Crippen LogP contribution in [-0.2, 0) is 54.3 Å². The molecule has 0 spiro atoms. The summed E-state index contributed by atoms with van der Waals surface area (Å²) in [7, 11) is 0. The van der Waals surface area contributed by atoms with Crippen LogP contribution >= 0.6 is 0 Å². The van der Waals surface area contributed by atoms with Crippen molar-refractivity contribution in [1.29, 1.82) is 0 Å².